The molecule has 1 aromatic rings. The molecule has 6 heteroatoms. The van der Waals surface area contributed by atoms with Gasteiger partial charge in [0.05, 0.1) is 17.8 Å². The van der Waals surface area contributed by atoms with Gasteiger partial charge >= 0.3 is 0 Å². The molecule has 106 valence electrons. The van der Waals surface area contributed by atoms with Crippen LogP contribution in [0.4, 0.5) is 0 Å². The summed E-state index contributed by atoms with van der Waals surface area (Å²) in [7, 11) is 0. The van der Waals surface area contributed by atoms with Crippen molar-refractivity contribution < 1.29 is 9.53 Å². The van der Waals surface area contributed by atoms with Crippen molar-refractivity contribution in [1.29, 1.82) is 0 Å². The first-order chi connectivity index (χ1) is 9.06. The van der Waals surface area contributed by atoms with Gasteiger partial charge in [0.25, 0.3) is 5.91 Å². The van der Waals surface area contributed by atoms with Gasteiger partial charge in [0.15, 0.2) is 0 Å². The predicted octanol–water partition coefficient (Wildman–Crippen LogP) is 0.446. The summed E-state index contributed by atoms with van der Waals surface area (Å²) in [5.74, 6) is -0.132. The summed E-state index contributed by atoms with van der Waals surface area (Å²) >= 11 is 0. The third-order valence-corrected chi connectivity index (χ3v) is 3.48. The maximum atomic E-state index is 12.3. The first-order valence-corrected chi connectivity index (χ1v) is 6.79. The first-order valence-electron chi connectivity index (χ1n) is 6.79. The Morgan fingerprint density at radius 2 is 2.37 bits per heavy atom. The van der Waals surface area contributed by atoms with Gasteiger partial charge in [0, 0.05) is 19.2 Å². The van der Waals surface area contributed by atoms with Crippen LogP contribution in [-0.2, 0) is 11.3 Å². The molecule has 3 N–H and O–H groups in total. The molecule has 6 nitrogen and oxygen atoms in total. The fourth-order valence-electron chi connectivity index (χ4n) is 2.42. The number of aryl methyl sites for hydroxylation is 2. The molecule has 0 aliphatic heterocycles. The third kappa shape index (κ3) is 2.79. The van der Waals surface area contributed by atoms with Gasteiger partial charge in [-0.2, -0.15) is 5.10 Å². The molecule has 0 bridgehead atoms. The molecule has 1 heterocycles. The van der Waals surface area contributed by atoms with Crippen molar-refractivity contribution in [2.75, 3.05) is 6.61 Å². The highest BCUT2D eigenvalue weighted by Gasteiger charge is 2.40. The van der Waals surface area contributed by atoms with Crippen LogP contribution in [0.1, 0.15) is 36.5 Å². The SMILES string of the molecule is CCOC1CC(N)C1NC(=O)c1cc(C)nn1CC. The second-order valence-corrected chi connectivity index (χ2v) is 4.88. The summed E-state index contributed by atoms with van der Waals surface area (Å²) in [5.41, 5.74) is 7.35. The van der Waals surface area contributed by atoms with Crippen molar-refractivity contribution >= 4 is 5.91 Å². The molecule has 1 aliphatic rings. The van der Waals surface area contributed by atoms with Crippen molar-refractivity contribution in [3.8, 4) is 0 Å². The molecule has 0 saturated heterocycles. The van der Waals surface area contributed by atoms with Crippen molar-refractivity contribution in [3.05, 3.63) is 17.5 Å². The second kappa shape index (κ2) is 5.71. The number of nitrogens with zero attached hydrogens (tertiary/aromatic N) is 2. The van der Waals surface area contributed by atoms with E-state index in [4.69, 9.17) is 10.5 Å². The zero-order valence-electron chi connectivity index (χ0n) is 11.7. The van der Waals surface area contributed by atoms with Gasteiger partial charge in [0.2, 0.25) is 0 Å². The van der Waals surface area contributed by atoms with E-state index < -0.39 is 0 Å². The third-order valence-electron chi connectivity index (χ3n) is 3.48. The molecule has 0 spiro atoms. The maximum Gasteiger partial charge on any atom is 0.269 e. The highest BCUT2D eigenvalue weighted by atomic mass is 16.5. The van der Waals surface area contributed by atoms with E-state index in [1.54, 1.807) is 10.7 Å². The molecular formula is C13H22N4O2. The Labute approximate surface area is 113 Å². The minimum absolute atomic E-state index is 0.0282. The fourth-order valence-corrected chi connectivity index (χ4v) is 2.42. The highest BCUT2D eigenvalue weighted by molar-refractivity contribution is 5.93. The largest absolute Gasteiger partial charge is 0.376 e. The van der Waals surface area contributed by atoms with E-state index in [9.17, 15) is 4.79 Å². The fraction of sp³-hybridized carbons (Fsp3) is 0.692. The number of nitrogens with two attached hydrogens (primary N) is 1. The normalized spacial score (nSPS) is 26.0. The summed E-state index contributed by atoms with van der Waals surface area (Å²) < 4.78 is 7.24. The van der Waals surface area contributed by atoms with E-state index in [2.05, 4.69) is 10.4 Å². The molecule has 19 heavy (non-hydrogen) atoms. The average Bonchev–Trinajstić information content (AvgIpc) is 2.77. The van der Waals surface area contributed by atoms with E-state index in [-0.39, 0.29) is 24.1 Å². The van der Waals surface area contributed by atoms with Gasteiger partial charge in [0.1, 0.15) is 5.69 Å². The van der Waals surface area contributed by atoms with Gasteiger partial charge in [-0.1, -0.05) is 0 Å². The number of carbonyl (C=O) groups is 1. The van der Waals surface area contributed by atoms with Crippen LogP contribution in [-0.4, -0.2) is 40.5 Å². The van der Waals surface area contributed by atoms with Gasteiger partial charge in [-0.25, -0.2) is 0 Å². The van der Waals surface area contributed by atoms with Crippen LogP contribution in [0.3, 0.4) is 0 Å². The molecule has 0 aromatic carbocycles. The lowest BCUT2D eigenvalue weighted by Crippen LogP contribution is -2.64. The van der Waals surface area contributed by atoms with Crippen LogP contribution >= 0.6 is 0 Å². The molecular weight excluding hydrogens is 244 g/mol. The Bertz CT molecular complexity index is 455. The van der Waals surface area contributed by atoms with Gasteiger partial charge < -0.3 is 15.8 Å². The first kappa shape index (κ1) is 14.0. The lowest BCUT2D eigenvalue weighted by molar-refractivity contribution is -0.0301. The Hall–Kier alpha value is -1.40. The number of carbonyl (C=O) groups excluding carboxylic acids is 1. The molecule has 1 amide bonds. The van der Waals surface area contributed by atoms with Crippen LogP contribution in [0, 0.1) is 6.92 Å². The molecule has 3 atom stereocenters. The van der Waals surface area contributed by atoms with Crippen molar-refractivity contribution in [2.45, 2.75) is 51.9 Å². The smallest absolute Gasteiger partial charge is 0.269 e. The van der Waals surface area contributed by atoms with E-state index in [0.717, 1.165) is 12.1 Å². The van der Waals surface area contributed by atoms with Crippen molar-refractivity contribution in [2.24, 2.45) is 5.73 Å². The Balaban J connectivity index is 2.04. The average molecular weight is 266 g/mol. The van der Waals surface area contributed by atoms with Crippen LogP contribution in [0.15, 0.2) is 6.07 Å². The minimum Gasteiger partial charge on any atom is -0.376 e. The Morgan fingerprint density at radius 1 is 1.63 bits per heavy atom. The summed E-state index contributed by atoms with van der Waals surface area (Å²) in [4.78, 5) is 12.3. The Kier molecular flexibility index (Phi) is 4.21. The molecule has 1 aromatic heterocycles. The number of rotatable bonds is 5. The van der Waals surface area contributed by atoms with Crippen LogP contribution in [0.25, 0.3) is 0 Å². The number of hydrogen-bond donors (Lipinski definition) is 2. The summed E-state index contributed by atoms with van der Waals surface area (Å²) in [5, 5.41) is 7.22. The van der Waals surface area contributed by atoms with Crippen molar-refractivity contribution in [1.82, 2.24) is 15.1 Å². The minimum atomic E-state index is -0.132. The van der Waals surface area contributed by atoms with Gasteiger partial charge in [-0.3, -0.25) is 9.48 Å². The number of ether oxygens (including phenoxy) is 1. The number of hydrogen-bond acceptors (Lipinski definition) is 4. The number of amides is 1. The van der Waals surface area contributed by atoms with Crippen LogP contribution in [0.5, 0.6) is 0 Å². The van der Waals surface area contributed by atoms with Crippen LogP contribution < -0.4 is 11.1 Å². The quantitative estimate of drug-likeness (QED) is 0.810. The molecule has 1 saturated carbocycles. The zero-order chi connectivity index (χ0) is 14.0. The molecule has 3 unspecified atom stereocenters. The molecule has 0 radical (unpaired) electrons. The maximum absolute atomic E-state index is 12.3. The lowest BCUT2D eigenvalue weighted by atomic mass is 9.83. The predicted molar refractivity (Wildman–Crippen MR) is 71.9 cm³/mol. The highest BCUT2D eigenvalue weighted by Crippen LogP contribution is 2.23. The monoisotopic (exact) mass is 266 g/mol. The summed E-state index contributed by atoms with van der Waals surface area (Å²) in [6, 6.07) is 1.66. The molecule has 1 fully saturated rings. The molecule has 2 rings (SSSR count). The van der Waals surface area contributed by atoms with Gasteiger partial charge in [-0.15, -0.1) is 0 Å². The van der Waals surface area contributed by atoms with E-state index in [1.807, 2.05) is 20.8 Å². The molecule has 1 aliphatic carbocycles. The van der Waals surface area contributed by atoms with E-state index >= 15 is 0 Å². The van der Waals surface area contributed by atoms with Gasteiger partial charge in [-0.05, 0) is 33.3 Å². The summed E-state index contributed by atoms with van der Waals surface area (Å²) in [6.07, 6.45) is 0.827. The zero-order valence-corrected chi connectivity index (χ0v) is 11.7. The topological polar surface area (TPSA) is 82.2 Å². The van der Waals surface area contributed by atoms with E-state index in [0.29, 0.717) is 18.8 Å². The standard InChI is InChI=1S/C13H22N4O2/c1-4-17-10(6-8(3)16-17)13(18)15-12-9(14)7-11(12)19-5-2/h6,9,11-12H,4-5,7,14H2,1-3H3,(H,15,18). The number of aromatic nitrogens is 2. The van der Waals surface area contributed by atoms with Crippen LogP contribution in [0.2, 0.25) is 0 Å². The summed E-state index contributed by atoms with van der Waals surface area (Å²) in [6.45, 7) is 7.08. The Morgan fingerprint density at radius 3 is 2.95 bits per heavy atom. The van der Waals surface area contributed by atoms with E-state index in [1.165, 1.54) is 0 Å². The van der Waals surface area contributed by atoms with Crippen molar-refractivity contribution in [3.63, 3.8) is 0 Å². The second-order valence-electron chi connectivity index (χ2n) is 4.88. The lowest BCUT2D eigenvalue weighted by Gasteiger charge is -2.42. The number of nitrogens with one attached hydrogen (secondary N) is 1.